The number of para-hydroxylation sites is 3. The van der Waals surface area contributed by atoms with Crippen molar-refractivity contribution in [1.29, 1.82) is 0 Å². The first-order valence-electron chi connectivity index (χ1n) is 9.92. The van der Waals surface area contributed by atoms with Crippen LogP contribution in [0.3, 0.4) is 0 Å². The Morgan fingerprint density at radius 3 is 2.34 bits per heavy atom. The number of halogens is 1. The van der Waals surface area contributed by atoms with Crippen LogP contribution in [0.2, 0.25) is 0 Å². The minimum atomic E-state index is -4.10. The molecule has 0 aliphatic carbocycles. The largest absolute Gasteiger partial charge is 0.486 e. The normalized spacial score (nSPS) is 15.1. The van der Waals surface area contributed by atoms with E-state index in [4.69, 9.17) is 9.47 Å². The van der Waals surface area contributed by atoms with Gasteiger partial charge in [-0.05, 0) is 48.5 Å². The zero-order valence-electron chi connectivity index (χ0n) is 17.0. The minimum Gasteiger partial charge on any atom is -0.486 e. The summed E-state index contributed by atoms with van der Waals surface area (Å²) in [7, 11) is -4.10. The van der Waals surface area contributed by atoms with Crippen molar-refractivity contribution in [2.45, 2.75) is 11.0 Å². The molecule has 9 heteroatoms. The summed E-state index contributed by atoms with van der Waals surface area (Å²) in [6.45, 7) is -0.0478. The van der Waals surface area contributed by atoms with E-state index in [1.807, 2.05) is 12.1 Å². The molecular formula is C23H21FN2O5S. The fourth-order valence-corrected chi connectivity index (χ4v) is 4.64. The van der Waals surface area contributed by atoms with E-state index in [1.54, 1.807) is 42.5 Å². The highest BCUT2D eigenvalue weighted by Gasteiger charge is 2.28. The molecule has 1 N–H and O–H groups in total. The monoisotopic (exact) mass is 456 g/mol. The van der Waals surface area contributed by atoms with Gasteiger partial charge in [-0.2, -0.15) is 0 Å². The first kappa shape index (κ1) is 21.6. The van der Waals surface area contributed by atoms with Crippen molar-refractivity contribution < 1.29 is 27.1 Å². The number of anilines is 1. The number of nitrogens with one attached hydrogen (secondary N) is 1. The average Bonchev–Trinajstić information content (AvgIpc) is 2.82. The quantitative estimate of drug-likeness (QED) is 0.591. The highest BCUT2D eigenvalue weighted by molar-refractivity contribution is 7.92. The summed E-state index contributed by atoms with van der Waals surface area (Å²) in [5.74, 6) is 0.157. The second-order valence-electron chi connectivity index (χ2n) is 7.10. The fourth-order valence-electron chi connectivity index (χ4n) is 3.22. The maximum atomic E-state index is 13.3. The molecule has 1 aliphatic rings. The Bertz CT molecular complexity index is 1190. The molecule has 0 aromatic heterocycles. The average molecular weight is 456 g/mol. The van der Waals surface area contributed by atoms with Gasteiger partial charge in [0, 0.05) is 0 Å². The van der Waals surface area contributed by atoms with E-state index in [9.17, 15) is 17.6 Å². The molecule has 32 heavy (non-hydrogen) atoms. The van der Waals surface area contributed by atoms with Gasteiger partial charge in [0.05, 0.1) is 17.1 Å². The molecule has 0 saturated carbocycles. The molecule has 7 nitrogen and oxygen atoms in total. The number of fused-ring (bicyclic) bond motifs is 1. The predicted octanol–water partition coefficient (Wildman–Crippen LogP) is 2.98. The molecule has 1 amide bonds. The molecule has 1 atom stereocenters. The number of hydrogen-bond donors (Lipinski definition) is 1. The standard InChI is InChI=1S/C23H21FN2O5S/c24-17-10-12-20(13-11-17)32(28,29)26(18-6-2-1-3-7-18)15-23(27)25-14-19-16-30-21-8-4-5-9-22(21)31-19/h1-13,19H,14-16H2,(H,25,27)/t19-/m1/s1. The van der Waals surface area contributed by atoms with Crippen LogP contribution in [0.15, 0.2) is 83.8 Å². The summed E-state index contributed by atoms with van der Waals surface area (Å²) < 4.78 is 52.1. The fraction of sp³-hybridized carbons (Fsp3) is 0.174. The number of rotatable bonds is 7. The molecule has 166 valence electrons. The van der Waals surface area contributed by atoms with Gasteiger partial charge in [-0.1, -0.05) is 30.3 Å². The second kappa shape index (κ2) is 9.27. The lowest BCUT2D eigenvalue weighted by Crippen LogP contribution is -2.45. The Balaban J connectivity index is 1.47. The second-order valence-corrected chi connectivity index (χ2v) is 8.97. The number of amides is 1. The molecular weight excluding hydrogens is 435 g/mol. The van der Waals surface area contributed by atoms with E-state index in [-0.39, 0.29) is 18.0 Å². The summed E-state index contributed by atoms with van der Waals surface area (Å²) in [5, 5.41) is 2.71. The van der Waals surface area contributed by atoms with Crippen LogP contribution in [-0.2, 0) is 14.8 Å². The Morgan fingerprint density at radius 2 is 1.62 bits per heavy atom. The van der Waals surface area contributed by atoms with Crippen molar-refractivity contribution in [3.8, 4) is 11.5 Å². The van der Waals surface area contributed by atoms with Crippen LogP contribution >= 0.6 is 0 Å². The maximum absolute atomic E-state index is 13.3. The van der Waals surface area contributed by atoms with E-state index < -0.39 is 34.4 Å². The summed E-state index contributed by atoms with van der Waals surface area (Å²) in [6, 6.07) is 20.0. The van der Waals surface area contributed by atoms with Crippen LogP contribution in [0.5, 0.6) is 11.5 Å². The number of hydrogen-bond acceptors (Lipinski definition) is 5. The molecule has 4 rings (SSSR count). The van der Waals surface area contributed by atoms with E-state index in [0.717, 1.165) is 16.4 Å². The Hall–Kier alpha value is -3.59. The smallest absolute Gasteiger partial charge is 0.264 e. The number of ether oxygens (including phenoxy) is 2. The van der Waals surface area contributed by atoms with Crippen LogP contribution in [0.1, 0.15) is 0 Å². The molecule has 1 heterocycles. The highest BCUT2D eigenvalue weighted by Crippen LogP contribution is 2.30. The highest BCUT2D eigenvalue weighted by atomic mass is 32.2. The zero-order chi connectivity index (χ0) is 22.6. The van der Waals surface area contributed by atoms with Gasteiger partial charge in [0.15, 0.2) is 11.5 Å². The number of sulfonamides is 1. The third kappa shape index (κ3) is 4.83. The first-order valence-corrected chi connectivity index (χ1v) is 11.4. The van der Waals surface area contributed by atoms with Crippen LogP contribution in [0.25, 0.3) is 0 Å². The van der Waals surface area contributed by atoms with Crippen molar-refractivity contribution in [2.75, 3.05) is 24.0 Å². The SMILES string of the molecule is O=C(CN(c1ccccc1)S(=O)(=O)c1ccc(F)cc1)NC[C@@H]1COc2ccccc2O1. The third-order valence-corrected chi connectivity index (χ3v) is 6.62. The van der Waals surface area contributed by atoms with Crippen molar-refractivity contribution in [3.63, 3.8) is 0 Å². The first-order chi connectivity index (χ1) is 15.4. The molecule has 3 aromatic rings. The third-order valence-electron chi connectivity index (χ3n) is 4.83. The van der Waals surface area contributed by atoms with Crippen LogP contribution < -0.4 is 19.1 Å². The number of benzene rings is 3. The van der Waals surface area contributed by atoms with E-state index in [2.05, 4.69) is 5.32 Å². The molecule has 1 aliphatic heterocycles. The molecule has 0 saturated heterocycles. The molecule has 3 aromatic carbocycles. The summed E-state index contributed by atoms with van der Waals surface area (Å²) in [5.41, 5.74) is 0.318. The van der Waals surface area contributed by atoms with Crippen molar-refractivity contribution in [1.82, 2.24) is 5.32 Å². The van der Waals surface area contributed by atoms with Crippen molar-refractivity contribution >= 4 is 21.6 Å². The van der Waals surface area contributed by atoms with Crippen LogP contribution in [0, 0.1) is 5.82 Å². The number of carbonyl (C=O) groups is 1. The van der Waals surface area contributed by atoms with Crippen LogP contribution in [0.4, 0.5) is 10.1 Å². The summed E-state index contributed by atoms with van der Waals surface area (Å²) in [4.78, 5) is 12.6. The van der Waals surface area contributed by atoms with Gasteiger partial charge in [0.2, 0.25) is 5.91 Å². The van der Waals surface area contributed by atoms with E-state index in [0.29, 0.717) is 17.2 Å². The number of carbonyl (C=O) groups excluding carboxylic acids is 1. The lowest BCUT2D eigenvalue weighted by molar-refractivity contribution is -0.120. The summed E-state index contributed by atoms with van der Waals surface area (Å²) >= 11 is 0. The van der Waals surface area contributed by atoms with Gasteiger partial charge in [-0.3, -0.25) is 9.10 Å². The van der Waals surface area contributed by atoms with Gasteiger partial charge >= 0.3 is 0 Å². The molecule has 0 radical (unpaired) electrons. The van der Waals surface area contributed by atoms with Gasteiger partial charge in [-0.25, -0.2) is 12.8 Å². The predicted molar refractivity (Wildman–Crippen MR) is 117 cm³/mol. The van der Waals surface area contributed by atoms with Crippen molar-refractivity contribution in [2.24, 2.45) is 0 Å². The Morgan fingerprint density at radius 1 is 0.969 bits per heavy atom. The Kier molecular flexibility index (Phi) is 6.27. The Labute approximate surface area is 185 Å². The van der Waals surface area contributed by atoms with Crippen molar-refractivity contribution in [3.05, 3.63) is 84.7 Å². The molecule has 0 unspecified atom stereocenters. The van der Waals surface area contributed by atoms with Crippen LogP contribution in [-0.4, -0.2) is 40.1 Å². The maximum Gasteiger partial charge on any atom is 0.264 e. The molecule has 0 bridgehead atoms. The topological polar surface area (TPSA) is 84.9 Å². The molecule has 0 fully saturated rings. The van der Waals surface area contributed by atoms with Gasteiger partial charge in [0.25, 0.3) is 10.0 Å². The van der Waals surface area contributed by atoms with Gasteiger partial charge < -0.3 is 14.8 Å². The van der Waals surface area contributed by atoms with Gasteiger partial charge in [-0.15, -0.1) is 0 Å². The lowest BCUT2D eigenvalue weighted by Gasteiger charge is -2.27. The lowest BCUT2D eigenvalue weighted by atomic mass is 10.2. The zero-order valence-corrected chi connectivity index (χ0v) is 17.8. The minimum absolute atomic E-state index is 0.115. The number of nitrogens with zero attached hydrogens (tertiary/aromatic N) is 1. The molecule has 0 spiro atoms. The van der Waals surface area contributed by atoms with E-state index >= 15 is 0 Å². The summed E-state index contributed by atoms with van der Waals surface area (Å²) in [6.07, 6.45) is -0.410. The van der Waals surface area contributed by atoms with Gasteiger partial charge in [0.1, 0.15) is 25.1 Å². The van der Waals surface area contributed by atoms with E-state index in [1.165, 1.54) is 12.1 Å².